The molecule has 12 aromatic carbocycles. The fourth-order valence-electron chi connectivity index (χ4n) is 12.4. The maximum atomic E-state index is 14.1. The Morgan fingerprint density at radius 2 is 0.436 bits per heavy atom. The number of ether oxygens (including phenoxy) is 6. The van der Waals surface area contributed by atoms with Gasteiger partial charge in [-0.2, -0.15) is 52.7 Å². The molecule has 0 aliphatic heterocycles. The lowest BCUT2D eigenvalue weighted by Gasteiger charge is -2.20. The first-order valence-corrected chi connectivity index (χ1v) is 42.2. The minimum atomic E-state index is -4.20. The fourth-order valence-corrected chi connectivity index (χ4v) is 12.4. The smallest absolute Gasteiger partial charge is 0.429 e. The first kappa shape index (κ1) is 108. The summed E-state index contributed by atoms with van der Waals surface area (Å²) >= 11 is 0. The molecule has 0 aromatic heterocycles. The van der Waals surface area contributed by atoms with Crippen LogP contribution in [0.15, 0.2) is 212 Å². The van der Waals surface area contributed by atoms with E-state index < -0.39 is 169 Å². The molecule has 0 amide bonds. The molecule has 6 nitrogen and oxygen atoms in total. The topological polar surface area (TPSA) is 55.4 Å². The van der Waals surface area contributed by atoms with E-state index in [2.05, 4.69) is 23.7 Å². The molecule has 0 bridgehead atoms. The Morgan fingerprint density at radius 3 is 0.737 bits per heavy atom. The Morgan fingerprint density at radius 1 is 0.180 bits per heavy atom. The van der Waals surface area contributed by atoms with Crippen LogP contribution in [-0.2, 0) is 114 Å². The van der Waals surface area contributed by atoms with Crippen LogP contribution < -0.4 is 28.4 Å². The van der Waals surface area contributed by atoms with Gasteiger partial charge in [0.15, 0.2) is 63.7 Å². The van der Waals surface area contributed by atoms with Gasteiger partial charge >= 0.3 is 36.7 Å². The average molecular weight is 1890 g/mol. The molecule has 0 N–H and O–H groups in total. The zero-order valence-corrected chi connectivity index (χ0v) is 74.1. The molecule has 31 heteroatoms. The van der Waals surface area contributed by atoms with Crippen LogP contribution in [0.25, 0.3) is 0 Å². The van der Waals surface area contributed by atoms with Crippen LogP contribution in [0.1, 0.15) is 183 Å². The van der Waals surface area contributed by atoms with Gasteiger partial charge in [0.2, 0.25) is 0 Å². The summed E-state index contributed by atoms with van der Waals surface area (Å²) in [5, 5.41) is 0. The van der Waals surface area contributed by atoms with E-state index in [4.69, 9.17) is 4.74 Å². The maximum absolute atomic E-state index is 14.1. The van der Waals surface area contributed by atoms with E-state index in [1.165, 1.54) is 73.7 Å². The van der Waals surface area contributed by atoms with Crippen molar-refractivity contribution in [2.24, 2.45) is 0 Å². The molecule has 12 aromatic rings. The van der Waals surface area contributed by atoms with Crippen molar-refractivity contribution in [3.8, 4) is 34.5 Å². The third-order valence-electron chi connectivity index (χ3n) is 20.5. The monoisotopic (exact) mass is 1890 g/mol. The van der Waals surface area contributed by atoms with E-state index in [1.54, 1.807) is 84.9 Å². The van der Waals surface area contributed by atoms with Crippen molar-refractivity contribution in [1.29, 1.82) is 0 Å². The number of halogens is 25. The van der Waals surface area contributed by atoms with Crippen molar-refractivity contribution in [2.45, 2.75) is 197 Å². The minimum absolute atomic E-state index is 0.0709. The molecule has 0 heterocycles. The molecule has 0 aliphatic carbocycles. The SMILES string of the molecule is CCc1cc(F)c(OC(F)(F)c2ccc(CC)c(F)c2)c(F)c1.CCc1ccc(C(F)(F)Oc2c(F)cc(CC)cc2F)c(F)c1.CCc1ccc(C(F)(F)Oc2c(F)cc(CC)cc2F)cc1.CCc1ccc(C(F)(F)Oc2cc(F)c(CC)c(F)c2)c(F)c1.CCc1ccc(OC(F)(F)c2ccc(CC)cc2)cc1.CCc1ccc(OC(F)(F)c2ccc(CC)cc2F)c(F)c1. The predicted octanol–water partition coefficient (Wildman–Crippen LogP) is 31.4. The summed E-state index contributed by atoms with van der Waals surface area (Å²) in [5.41, 5.74) is 1.96. The Bertz CT molecular complexity index is 5740. The van der Waals surface area contributed by atoms with E-state index >= 15 is 0 Å². The van der Waals surface area contributed by atoms with Crippen LogP contribution in [0.2, 0.25) is 0 Å². The molecule has 0 spiro atoms. The lowest BCUT2D eigenvalue weighted by atomic mass is 10.1. The zero-order valence-electron chi connectivity index (χ0n) is 74.1. The molecule has 0 unspecified atom stereocenters. The molecule has 12 rings (SSSR count). The van der Waals surface area contributed by atoms with E-state index in [-0.39, 0.29) is 28.9 Å². The lowest BCUT2D eigenvalue weighted by Crippen LogP contribution is -2.24. The fraction of sp³-hybridized carbons (Fsp3) is 0.294. The van der Waals surface area contributed by atoms with E-state index in [1.807, 2.05) is 27.7 Å². The van der Waals surface area contributed by atoms with Gasteiger partial charge in [-0.3, -0.25) is 0 Å². The molecule has 0 aliphatic rings. The van der Waals surface area contributed by atoms with Gasteiger partial charge in [-0.05, 0) is 272 Å². The highest BCUT2D eigenvalue weighted by Crippen LogP contribution is 2.43. The van der Waals surface area contributed by atoms with Crippen LogP contribution >= 0.6 is 0 Å². The first-order valence-electron chi connectivity index (χ1n) is 42.2. The normalized spacial score (nSPS) is 11.6. The summed E-state index contributed by atoms with van der Waals surface area (Å²) in [7, 11) is 0. The minimum Gasteiger partial charge on any atom is -0.429 e. The molecule has 0 saturated heterocycles. The number of hydrogen-bond donors (Lipinski definition) is 0. The van der Waals surface area contributed by atoms with Crippen LogP contribution in [0, 0.1) is 75.6 Å². The number of benzene rings is 12. The van der Waals surface area contributed by atoms with Gasteiger partial charge in [-0.1, -0.05) is 150 Å². The van der Waals surface area contributed by atoms with Gasteiger partial charge in [0.05, 0.1) is 33.4 Å². The standard InChI is InChI=1S/3C17H15F5O.2C17H16F4O.C17H18F2O/c1-3-10-7-14(19)16(15(20)8-10)23-17(21,22)12-6-5-11(4-2)13(18)9-12;1-3-10-5-6-13(16(20)7-10)17(21,22)23-11-8-14(18)12(4-2)15(19)9-11;1-3-10-5-6-12(13(18)7-10)17(21,22)23-16-14(19)8-11(4-2)9-15(16)20;1-3-11-5-7-13(14(18)9-11)17(20,21)22-16-8-6-12(4-2)10-15(16)19;1-3-11-5-7-13(8-6-11)17(20,21)22-16-14(18)9-12(4-2)10-15(16)19;1-3-13-5-9-15(10-6-13)17(18,19)20-16-11-7-14(4-2)8-12-16/h3*5-9H,3-4H2,1-2H3;2*5-10H,3-4H2,1-2H3;5-12H,3-4H2,1-2H3. The molecule has 0 saturated carbocycles. The molecular weight excluding hydrogens is 1800 g/mol. The lowest BCUT2D eigenvalue weighted by molar-refractivity contribution is -0.190. The maximum Gasteiger partial charge on any atom is 0.429 e. The Hall–Kier alpha value is -12.3. The van der Waals surface area contributed by atoms with Gasteiger partial charge in [0, 0.05) is 17.7 Å². The van der Waals surface area contributed by atoms with Crippen molar-refractivity contribution in [3.63, 3.8) is 0 Å². The summed E-state index contributed by atoms with van der Waals surface area (Å²) in [5.74, 6) is -19.0. The highest BCUT2D eigenvalue weighted by molar-refractivity contribution is 5.40. The Labute approximate surface area is 754 Å². The van der Waals surface area contributed by atoms with Gasteiger partial charge in [-0.25, -0.2) is 57.1 Å². The molecule has 0 atom stereocenters. The molecular formula is C102H95F25O6. The van der Waals surface area contributed by atoms with Crippen molar-refractivity contribution in [2.75, 3.05) is 0 Å². The van der Waals surface area contributed by atoms with E-state index in [0.29, 0.717) is 115 Å². The summed E-state index contributed by atoms with van der Waals surface area (Å²) in [6.07, 6.45) is -17.5. The Balaban J connectivity index is 0.000000218. The molecule has 0 radical (unpaired) electrons. The molecule has 714 valence electrons. The number of rotatable bonds is 30. The molecule has 133 heavy (non-hydrogen) atoms. The predicted molar refractivity (Wildman–Crippen MR) is 456 cm³/mol. The highest BCUT2D eigenvalue weighted by Gasteiger charge is 2.44. The third-order valence-corrected chi connectivity index (χ3v) is 20.5. The quantitative estimate of drug-likeness (QED) is 0.0418. The van der Waals surface area contributed by atoms with Crippen LogP contribution in [-0.4, -0.2) is 0 Å². The second kappa shape index (κ2) is 47.9. The number of hydrogen-bond acceptors (Lipinski definition) is 6. The Kier molecular flexibility index (Phi) is 38.8. The van der Waals surface area contributed by atoms with Crippen molar-refractivity contribution in [1.82, 2.24) is 0 Å². The second-order valence-corrected chi connectivity index (χ2v) is 29.5. The average Bonchev–Trinajstić information content (AvgIpc) is 0.804. The van der Waals surface area contributed by atoms with Gasteiger partial charge in [-0.15, -0.1) is 0 Å². The second-order valence-electron chi connectivity index (χ2n) is 29.5. The summed E-state index contributed by atoms with van der Waals surface area (Å²) in [4.78, 5) is 0. The van der Waals surface area contributed by atoms with Crippen LogP contribution in [0.5, 0.6) is 34.5 Å². The summed E-state index contributed by atoms with van der Waals surface area (Å²) in [6.45, 7) is 21.2. The third kappa shape index (κ3) is 29.6. The van der Waals surface area contributed by atoms with Gasteiger partial charge < -0.3 is 28.4 Å². The van der Waals surface area contributed by atoms with Crippen LogP contribution in [0.3, 0.4) is 0 Å². The van der Waals surface area contributed by atoms with Crippen molar-refractivity contribution < 1.29 is 138 Å². The van der Waals surface area contributed by atoms with Gasteiger partial charge in [0.1, 0.15) is 46.4 Å². The van der Waals surface area contributed by atoms with Gasteiger partial charge in [0.25, 0.3) is 0 Å². The number of alkyl halides is 12. The first-order chi connectivity index (χ1) is 62.6. The van der Waals surface area contributed by atoms with E-state index in [0.717, 1.165) is 121 Å². The zero-order chi connectivity index (χ0) is 98.8. The van der Waals surface area contributed by atoms with E-state index in [9.17, 15) is 110 Å². The largest absolute Gasteiger partial charge is 0.429 e. The summed E-state index contributed by atoms with van der Waals surface area (Å²) < 4.78 is 374. The van der Waals surface area contributed by atoms with Crippen molar-refractivity contribution >= 4 is 0 Å². The van der Waals surface area contributed by atoms with Crippen LogP contribution in [0.4, 0.5) is 110 Å². The highest BCUT2D eigenvalue weighted by atomic mass is 19.3. The molecule has 0 fully saturated rings. The summed E-state index contributed by atoms with van der Waals surface area (Å²) in [6, 6.07) is 41.6. The van der Waals surface area contributed by atoms with Crippen molar-refractivity contribution in [3.05, 3.63) is 388 Å². The number of aryl methyl sites for hydroxylation is 11.